The first-order chi connectivity index (χ1) is 6.16. The van der Waals surface area contributed by atoms with Crippen molar-refractivity contribution in [1.82, 2.24) is 0 Å². The molecule has 6 heteroatoms. The normalized spacial score (nSPS) is 10.5. The van der Waals surface area contributed by atoms with E-state index in [1.54, 1.807) is 0 Å². The minimum absolute atomic E-state index is 0.116. The highest BCUT2D eigenvalue weighted by Gasteiger charge is 2.14. The molecule has 1 rings (SSSR count). The first kappa shape index (κ1) is 8.98. The van der Waals surface area contributed by atoms with Gasteiger partial charge >= 0.3 is 0 Å². The predicted molar refractivity (Wildman–Crippen MR) is 44.1 cm³/mol. The van der Waals surface area contributed by atoms with Crippen LogP contribution in [0.15, 0.2) is 23.4 Å². The highest BCUT2D eigenvalue weighted by atomic mass is 16.6. The van der Waals surface area contributed by atoms with Crippen LogP contribution in [0.2, 0.25) is 0 Å². The lowest BCUT2D eigenvalue weighted by molar-refractivity contribution is -0.385. The molecule has 0 aliphatic carbocycles. The predicted octanol–water partition coefficient (Wildman–Crippen LogP) is 1.11. The third kappa shape index (κ3) is 1.73. The molecule has 0 amide bonds. The second-order valence-electron chi connectivity index (χ2n) is 2.21. The van der Waals surface area contributed by atoms with E-state index >= 15 is 0 Å². The van der Waals surface area contributed by atoms with Crippen LogP contribution in [0.4, 0.5) is 5.69 Å². The Labute approximate surface area is 72.9 Å². The fraction of sp³-hybridized carbons (Fsp3) is 0. The number of aromatic hydroxyl groups is 1. The van der Waals surface area contributed by atoms with Crippen LogP contribution in [0.25, 0.3) is 0 Å². The molecule has 0 heterocycles. The van der Waals surface area contributed by atoms with Gasteiger partial charge < -0.3 is 10.3 Å². The second kappa shape index (κ2) is 3.53. The second-order valence-corrected chi connectivity index (χ2v) is 2.21. The quantitative estimate of drug-likeness (QED) is 0.310. The first-order valence-electron chi connectivity index (χ1n) is 3.30. The fourth-order valence-corrected chi connectivity index (χ4v) is 0.890. The number of rotatable bonds is 2. The molecule has 0 saturated heterocycles. The summed E-state index contributed by atoms with van der Waals surface area (Å²) in [6, 6.07) is 3.81. The number of phenols is 1. The van der Waals surface area contributed by atoms with E-state index in [9.17, 15) is 10.1 Å². The molecule has 6 nitrogen and oxygen atoms in total. The number of hydrogen-bond donors (Lipinski definition) is 2. The molecule has 0 saturated carbocycles. The lowest BCUT2D eigenvalue weighted by atomic mass is 10.2. The minimum atomic E-state index is -0.670. The van der Waals surface area contributed by atoms with E-state index in [-0.39, 0.29) is 17.0 Å². The van der Waals surface area contributed by atoms with Gasteiger partial charge in [-0.1, -0.05) is 11.2 Å². The van der Waals surface area contributed by atoms with Gasteiger partial charge in [0.1, 0.15) is 11.3 Å². The number of nitrogens with zero attached hydrogens (tertiary/aromatic N) is 2. The largest absolute Gasteiger partial charge is 0.507 e. The summed E-state index contributed by atoms with van der Waals surface area (Å²) in [5, 5.41) is 30.4. The summed E-state index contributed by atoms with van der Waals surface area (Å²) >= 11 is 0. The summed E-state index contributed by atoms with van der Waals surface area (Å²) < 4.78 is 0. The van der Waals surface area contributed by atoms with Gasteiger partial charge in [-0.05, 0) is 6.07 Å². The highest BCUT2D eigenvalue weighted by Crippen LogP contribution is 2.24. The molecular weight excluding hydrogens is 176 g/mol. The van der Waals surface area contributed by atoms with E-state index in [0.29, 0.717) is 0 Å². The average Bonchev–Trinajstić information content (AvgIpc) is 2.08. The molecule has 68 valence electrons. The van der Waals surface area contributed by atoms with Crippen molar-refractivity contribution in [1.29, 1.82) is 0 Å². The van der Waals surface area contributed by atoms with Crippen LogP contribution in [-0.4, -0.2) is 21.5 Å². The van der Waals surface area contributed by atoms with Crippen molar-refractivity contribution >= 4 is 11.9 Å². The standard InChI is InChI=1S/C7H6N2O4/c10-7-3-1-2-6(9(12)13)5(7)4-8-11/h1-4,10-11H/b8-4+. The van der Waals surface area contributed by atoms with Gasteiger partial charge in [-0.15, -0.1) is 0 Å². The van der Waals surface area contributed by atoms with E-state index in [0.717, 1.165) is 6.21 Å². The van der Waals surface area contributed by atoms with Gasteiger partial charge in [-0.3, -0.25) is 10.1 Å². The van der Waals surface area contributed by atoms with Gasteiger partial charge in [0.15, 0.2) is 0 Å². The van der Waals surface area contributed by atoms with Crippen LogP contribution in [-0.2, 0) is 0 Å². The molecule has 0 aliphatic heterocycles. The van der Waals surface area contributed by atoms with Gasteiger partial charge in [-0.2, -0.15) is 0 Å². The molecule has 0 bridgehead atoms. The summed E-state index contributed by atoms with van der Waals surface area (Å²) in [5.41, 5.74) is -0.423. The third-order valence-corrected chi connectivity index (χ3v) is 1.44. The van der Waals surface area contributed by atoms with Crippen molar-refractivity contribution in [3.05, 3.63) is 33.9 Å². The van der Waals surface area contributed by atoms with Crippen molar-refractivity contribution in [3.8, 4) is 5.75 Å². The molecule has 2 N–H and O–H groups in total. The van der Waals surface area contributed by atoms with Crippen LogP contribution in [0.1, 0.15) is 5.56 Å². The fourth-order valence-electron chi connectivity index (χ4n) is 0.890. The van der Waals surface area contributed by atoms with Crippen molar-refractivity contribution in [2.24, 2.45) is 5.16 Å². The number of oxime groups is 1. The number of phenolic OH excluding ortho intramolecular Hbond substituents is 1. The van der Waals surface area contributed by atoms with E-state index in [4.69, 9.17) is 10.3 Å². The summed E-state index contributed by atoms with van der Waals surface area (Å²) in [5.74, 6) is -0.299. The Bertz CT molecular complexity index is 362. The molecule has 0 radical (unpaired) electrons. The number of benzene rings is 1. The Morgan fingerprint density at radius 1 is 1.54 bits per heavy atom. The zero-order chi connectivity index (χ0) is 9.84. The lowest BCUT2D eigenvalue weighted by Gasteiger charge is -1.98. The maximum Gasteiger partial charge on any atom is 0.282 e. The molecule has 0 atom stereocenters. The number of nitro groups is 1. The first-order valence-corrected chi connectivity index (χ1v) is 3.30. The Morgan fingerprint density at radius 2 is 2.23 bits per heavy atom. The van der Waals surface area contributed by atoms with Crippen LogP contribution in [0, 0.1) is 10.1 Å². The Hall–Kier alpha value is -2.11. The summed E-state index contributed by atoms with van der Waals surface area (Å²) in [6.07, 6.45) is 0.813. The van der Waals surface area contributed by atoms with E-state index in [2.05, 4.69) is 5.16 Å². The van der Waals surface area contributed by atoms with Crippen LogP contribution < -0.4 is 0 Å². The van der Waals surface area contributed by atoms with Gasteiger partial charge in [-0.25, -0.2) is 0 Å². The van der Waals surface area contributed by atoms with Gasteiger partial charge in [0.05, 0.1) is 11.1 Å². The molecule has 0 spiro atoms. The molecule has 1 aromatic carbocycles. The maximum absolute atomic E-state index is 10.4. The average molecular weight is 182 g/mol. The molecule has 1 aromatic rings. The van der Waals surface area contributed by atoms with Crippen molar-refractivity contribution in [3.63, 3.8) is 0 Å². The monoisotopic (exact) mass is 182 g/mol. The smallest absolute Gasteiger partial charge is 0.282 e. The van der Waals surface area contributed by atoms with Crippen LogP contribution in [0.3, 0.4) is 0 Å². The third-order valence-electron chi connectivity index (χ3n) is 1.44. The zero-order valence-electron chi connectivity index (χ0n) is 6.41. The van der Waals surface area contributed by atoms with Gasteiger partial charge in [0.2, 0.25) is 0 Å². The molecule has 13 heavy (non-hydrogen) atoms. The topological polar surface area (TPSA) is 96.0 Å². The minimum Gasteiger partial charge on any atom is -0.507 e. The summed E-state index contributed by atoms with van der Waals surface area (Å²) in [6.45, 7) is 0. The summed E-state index contributed by atoms with van der Waals surface area (Å²) in [4.78, 5) is 9.73. The molecule has 0 aromatic heterocycles. The number of hydrogen-bond acceptors (Lipinski definition) is 5. The van der Waals surface area contributed by atoms with Gasteiger partial charge in [0, 0.05) is 6.07 Å². The van der Waals surface area contributed by atoms with E-state index < -0.39 is 4.92 Å². The highest BCUT2D eigenvalue weighted by molar-refractivity contribution is 5.88. The van der Waals surface area contributed by atoms with E-state index in [1.807, 2.05) is 0 Å². The Morgan fingerprint density at radius 3 is 2.77 bits per heavy atom. The lowest BCUT2D eigenvalue weighted by Crippen LogP contribution is -1.94. The molecule has 0 aliphatic rings. The molecule has 0 unspecified atom stereocenters. The maximum atomic E-state index is 10.4. The van der Waals surface area contributed by atoms with E-state index in [1.165, 1.54) is 18.2 Å². The Balaban J connectivity index is 3.33. The van der Waals surface area contributed by atoms with Crippen LogP contribution in [0.5, 0.6) is 5.75 Å². The summed E-state index contributed by atoms with van der Waals surface area (Å²) in [7, 11) is 0. The van der Waals surface area contributed by atoms with Crippen molar-refractivity contribution in [2.45, 2.75) is 0 Å². The Kier molecular flexibility index (Phi) is 2.44. The number of nitro benzene ring substituents is 1. The van der Waals surface area contributed by atoms with Crippen LogP contribution >= 0.6 is 0 Å². The molecular formula is C7H6N2O4. The molecule has 0 fully saturated rings. The van der Waals surface area contributed by atoms with Gasteiger partial charge in [0.25, 0.3) is 5.69 Å². The van der Waals surface area contributed by atoms with Crippen molar-refractivity contribution in [2.75, 3.05) is 0 Å². The SMILES string of the molecule is O=[N+]([O-])c1cccc(O)c1/C=N/O. The van der Waals surface area contributed by atoms with Crippen molar-refractivity contribution < 1.29 is 15.2 Å². The zero-order valence-corrected chi connectivity index (χ0v) is 6.41.